The second-order valence-corrected chi connectivity index (χ2v) is 3.37. The predicted molar refractivity (Wildman–Crippen MR) is 58.5 cm³/mol. The molecule has 76 valence electrons. The number of hydrogen-bond donors (Lipinski definition) is 1. The Labute approximate surface area is 88.5 Å². The molecule has 14 heavy (non-hydrogen) atoms. The van der Waals surface area contributed by atoms with Gasteiger partial charge in [0.1, 0.15) is 0 Å². The molecule has 0 aromatic heterocycles. The Bertz CT molecular complexity index is 310. The van der Waals surface area contributed by atoms with E-state index < -0.39 is 0 Å². The van der Waals surface area contributed by atoms with Crippen molar-refractivity contribution in [2.24, 2.45) is 5.73 Å². The summed E-state index contributed by atoms with van der Waals surface area (Å²) in [6.07, 6.45) is 0. The molecule has 1 aromatic rings. The van der Waals surface area contributed by atoms with E-state index in [1.807, 2.05) is 0 Å². The van der Waals surface area contributed by atoms with Gasteiger partial charge in [0.2, 0.25) is 5.91 Å². The van der Waals surface area contributed by atoms with Gasteiger partial charge in [-0.3, -0.25) is 4.79 Å². The summed E-state index contributed by atoms with van der Waals surface area (Å²) < 4.78 is 0. The quantitative estimate of drug-likeness (QED) is 0.828. The maximum atomic E-state index is 11.3. The van der Waals surface area contributed by atoms with Crippen LogP contribution in [0.2, 0.25) is 5.02 Å². The molecular formula is C10H13ClN2O. The van der Waals surface area contributed by atoms with Crippen LogP contribution < -0.4 is 10.6 Å². The largest absolute Gasteiger partial charge is 0.329 e. The number of hydrogen-bond acceptors (Lipinski definition) is 2. The maximum Gasteiger partial charge on any atom is 0.223 e. The van der Waals surface area contributed by atoms with Crippen LogP contribution >= 0.6 is 11.6 Å². The summed E-state index contributed by atoms with van der Waals surface area (Å²) in [4.78, 5) is 12.9. The van der Waals surface area contributed by atoms with Crippen LogP contribution in [0.15, 0.2) is 24.3 Å². The van der Waals surface area contributed by atoms with Gasteiger partial charge in [0.25, 0.3) is 0 Å². The van der Waals surface area contributed by atoms with Crippen LogP contribution in [0.4, 0.5) is 5.69 Å². The molecule has 0 radical (unpaired) electrons. The summed E-state index contributed by atoms with van der Waals surface area (Å²) >= 11 is 5.74. The van der Waals surface area contributed by atoms with Gasteiger partial charge in [-0.1, -0.05) is 11.6 Å². The third-order valence-electron chi connectivity index (χ3n) is 1.87. The number of amides is 1. The Balaban J connectivity index is 2.87. The lowest BCUT2D eigenvalue weighted by Crippen LogP contribution is -2.33. The van der Waals surface area contributed by atoms with Crippen molar-refractivity contribution in [3.05, 3.63) is 29.3 Å². The summed E-state index contributed by atoms with van der Waals surface area (Å²) in [6, 6.07) is 7.12. The van der Waals surface area contributed by atoms with Crippen molar-refractivity contribution in [1.29, 1.82) is 0 Å². The van der Waals surface area contributed by atoms with Crippen LogP contribution in [0.5, 0.6) is 0 Å². The van der Waals surface area contributed by atoms with Gasteiger partial charge in [-0.25, -0.2) is 0 Å². The molecule has 0 aliphatic rings. The van der Waals surface area contributed by atoms with Crippen molar-refractivity contribution < 1.29 is 4.79 Å². The molecule has 1 amide bonds. The fourth-order valence-electron chi connectivity index (χ4n) is 1.22. The number of nitrogens with zero attached hydrogens (tertiary/aromatic N) is 1. The monoisotopic (exact) mass is 212 g/mol. The highest BCUT2D eigenvalue weighted by Gasteiger charge is 2.09. The van der Waals surface area contributed by atoms with Gasteiger partial charge >= 0.3 is 0 Å². The minimum Gasteiger partial charge on any atom is -0.329 e. The smallest absolute Gasteiger partial charge is 0.223 e. The first kappa shape index (κ1) is 11.0. The van der Waals surface area contributed by atoms with Crippen molar-refractivity contribution >= 4 is 23.2 Å². The first-order valence-electron chi connectivity index (χ1n) is 4.39. The van der Waals surface area contributed by atoms with Crippen LogP contribution in [0.1, 0.15) is 6.92 Å². The van der Waals surface area contributed by atoms with Crippen molar-refractivity contribution in [2.45, 2.75) is 6.92 Å². The lowest BCUT2D eigenvalue weighted by Gasteiger charge is -2.20. The molecule has 0 aliphatic carbocycles. The van der Waals surface area contributed by atoms with Gasteiger partial charge in [0, 0.05) is 30.7 Å². The van der Waals surface area contributed by atoms with Crippen LogP contribution in [0, 0.1) is 0 Å². The average Bonchev–Trinajstić information content (AvgIpc) is 2.15. The molecule has 0 unspecified atom stereocenters. The zero-order chi connectivity index (χ0) is 10.6. The third kappa shape index (κ3) is 2.72. The number of nitrogens with two attached hydrogens (primary N) is 1. The molecule has 1 aromatic carbocycles. The van der Waals surface area contributed by atoms with Crippen LogP contribution in [0.3, 0.4) is 0 Å². The van der Waals surface area contributed by atoms with Crippen molar-refractivity contribution in [3.63, 3.8) is 0 Å². The third-order valence-corrected chi connectivity index (χ3v) is 2.12. The van der Waals surface area contributed by atoms with E-state index in [1.54, 1.807) is 29.2 Å². The fourth-order valence-corrected chi connectivity index (χ4v) is 1.34. The van der Waals surface area contributed by atoms with Crippen LogP contribution in [0.25, 0.3) is 0 Å². The molecule has 2 N–H and O–H groups in total. The Morgan fingerprint density at radius 2 is 2.00 bits per heavy atom. The highest BCUT2D eigenvalue weighted by atomic mass is 35.5. The normalized spacial score (nSPS) is 9.93. The van der Waals surface area contributed by atoms with Gasteiger partial charge in [0.05, 0.1) is 0 Å². The topological polar surface area (TPSA) is 46.3 Å². The molecule has 0 saturated heterocycles. The molecule has 0 aliphatic heterocycles. The van der Waals surface area contributed by atoms with E-state index in [4.69, 9.17) is 17.3 Å². The van der Waals surface area contributed by atoms with Crippen LogP contribution in [-0.2, 0) is 4.79 Å². The molecule has 4 heteroatoms. The average molecular weight is 213 g/mol. The molecule has 0 fully saturated rings. The van der Waals surface area contributed by atoms with Crippen molar-refractivity contribution in [2.75, 3.05) is 18.0 Å². The highest BCUT2D eigenvalue weighted by Crippen LogP contribution is 2.17. The minimum atomic E-state index is -0.0160. The minimum absolute atomic E-state index is 0.0160. The predicted octanol–water partition coefficient (Wildman–Crippen LogP) is 1.65. The lowest BCUT2D eigenvalue weighted by atomic mass is 10.3. The van der Waals surface area contributed by atoms with E-state index >= 15 is 0 Å². The standard InChI is InChI=1S/C10H13ClN2O/c1-8(14)13(7-6-12)10-4-2-9(11)3-5-10/h2-5H,6-7,12H2,1H3. The molecular weight excluding hydrogens is 200 g/mol. The zero-order valence-corrected chi connectivity index (χ0v) is 8.79. The summed E-state index contributed by atoms with van der Waals surface area (Å²) in [5.74, 6) is -0.0160. The summed E-state index contributed by atoms with van der Waals surface area (Å²) in [7, 11) is 0. The SMILES string of the molecule is CC(=O)N(CCN)c1ccc(Cl)cc1. The van der Waals surface area contributed by atoms with E-state index in [-0.39, 0.29) is 5.91 Å². The fraction of sp³-hybridized carbons (Fsp3) is 0.300. The van der Waals surface area contributed by atoms with E-state index in [2.05, 4.69) is 0 Å². The summed E-state index contributed by atoms with van der Waals surface area (Å²) in [5.41, 5.74) is 6.24. The Morgan fingerprint density at radius 1 is 1.43 bits per heavy atom. The zero-order valence-electron chi connectivity index (χ0n) is 8.03. The van der Waals surface area contributed by atoms with Crippen molar-refractivity contribution in [1.82, 2.24) is 0 Å². The number of benzene rings is 1. The molecule has 3 nitrogen and oxygen atoms in total. The van der Waals surface area contributed by atoms with Gasteiger partial charge in [-0.15, -0.1) is 0 Å². The van der Waals surface area contributed by atoms with Gasteiger partial charge in [-0.05, 0) is 24.3 Å². The van der Waals surface area contributed by atoms with Gasteiger partial charge in [0.15, 0.2) is 0 Å². The Kier molecular flexibility index (Phi) is 3.92. The first-order valence-corrected chi connectivity index (χ1v) is 4.76. The number of anilines is 1. The molecule has 0 heterocycles. The number of carbonyl (C=O) groups excluding carboxylic acids is 1. The molecule has 0 bridgehead atoms. The highest BCUT2D eigenvalue weighted by molar-refractivity contribution is 6.30. The summed E-state index contributed by atoms with van der Waals surface area (Å²) in [5, 5.41) is 0.657. The van der Waals surface area contributed by atoms with Gasteiger partial charge < -0.3 is 10.6 Å². The molecule has 1 rings (SSSR count). The van der Waals surface area contributed by atoms with E-state index in [0.717, 1.165) is 5.69 Å². The van der Waals surface area contributed by atoms with Gasteiger partial charge in [-0.2, -0.15) is 0 Å². The lowest BCUT2D eigenvalue weighted by molar-refractivity contribution is -0.116. The summed E-state index contributed by atoms with van der Waals surface area (Å²) in [6.45, 7) is 2.49. The van der Waals surface area contributed by atoms with E-state index in [1.165, 1.54) is 6.92 Å². The van der Waals surface area contributed by atoms with E-state index in [9.17, 15) is 4.79 Å². The first-order chi connectivity index (χ1) is 6.65. The number of halogens is 1. The molecule has 0 spiro atoms. The Morgan fingerprint density at radius 3 is 2.43 bits per heavy atom. The number of rotatable bonds is 3. The molecule has 0 atom stereocenters. The molecule has 0 saturated carbocycles. The van der Waals surface area contributed by atoms with Crippen LogP contribution in [-0.4, -0.2) is 19.0 Å². The maximum absolute atomic E-state index is 11.3. The second-order valence-electron chi connectivity index (χ2n) is 2.94. The van der Waals surface area contributed by atoms with E-state index in [0.29, 0.717) is 18.1 Å². The number of carbonyl (C=O) groups is 1. The second kappa shape index (κ2) is 4.98. The van der Waals surface area contributed by atoms with Crippen molar-refractivity contribution in [3.8, 4) is 0 Å². The Hall–Kier alpha value is -1.06.